The topological polar surface area (TPSA) is 88.7 Å². The van der Waals surface area contributed by atoms with Crippen LogP contribution in [0.25, 0.3) is 10.2 Å². The number of para-hydroxylation sites is 1. The van der Waals surface area contributed by atoms with Crippen LogP contribution in [0.15, 0.2) is 48.5 Å². The molecule has 1 amide bonds. The van der Waals surface area contributed by atoms with Crippen molar-refractivity contribution in [3.8, 4) is 10.9 Å². The normalized spacial score (nSPS) is 16.7. The average Bonchev–Trinajstić information content (AvgIpc) is 3.13. The minimum absolute atomic E-state index is 0.360. The van der Waals surface area contributed by atoms with Crippen molar-refractivity contribution in [2.24, 2.45) is 11.7 Å². The van der Waals surface area contributed by atoms with Gasteiger partial charge in [-0.1, -0.05) is 35.6 Å². The molecule has 3 aromatic rings. The van der Waals surface area contributed by atoms with Gasteiger partial charge in [0.2, 0.25) is 5.91 Å². The molecule has 6 nitrogen and oxygen atoms in total. The van der Waals surface area contributed by atoms with E-state index in [-0.39, 0.29) is 0 Å². The number of carbonyl (C=O) groups excluding carboxylic acids is 1. The molecule has 0 aliphatic carbocycles. The third-order valence-electron chi connectivity index (χ3n) is 5.40. The van der Waals surface area contributed by atoms with Crippen LogP contribution in [0.3, 0.4) is 0 Å². The van der Waals surface area contributed by atoms with E-state index < -0.39 is 12.0 Å². The molecule has 2 aromatic carbocycles. The summed E-state index contributed by atoms with van der Waals surface area (Å²) in [5.41, 5.74) is 7.34. The molecule has 1 aromatic heterocycles. The van der Waals surface area contributed by atoms with E-state index in [1.807, 2.05) is 36.4 Å². The van der Waals surface area contributed by atoms with Crippen molar-refractivity contribution in [2.75, 3.05) is 13.1 Å². The van der Waals surface area contributed by atoms with Gasteiger partial charge >= 0.3 is 0 Å². The zero-order chi connectivity index (χ0) is 20.2. The first-order valence-corrected chi connectivity index (χ1v) is 10.7. The maximum Gasteiger partial charge on any atom is 0.279 e. The minimum Gasteiger partial charge on any atom is -0.431 e. The first-order valence-electron chi connectivity index (χ1n) is 9.89. The van der Waals surface area contributed by atoms with Crippen LogP contribution in [0.5, 0.6) is 10.9 Å². The Kier molecular flexibility index (Phi) is 6.08. The van der Waals surface area contributed by atoms with Crippen LogP contribution in [0.2, 0.25) is 0 Å². The summed E-state index contributed by atoms with van der Waals surface area (Å²) in [6.45, 7) is 2.80. The van der Waals surface area contributed by atoms with Gasteiger partial charge in [-0.3, -0.25) is 9.69 Å². The Balaban J connectivity index is 1.28. The Labute approximate surface area is 173 Å². The van der Waals surface area contributed by atoms with Crippen LogP contribution in [-0.2, 0) is 11.3 Å². The molecular weight excluding hydrogens is 386 g/mol. The summed E-state index contributed by atoms with van der Waals surface area (Å²) in [4.78, 5) is 17.9. The van der Waals surface area contributed by atoms with E-state index in [4.69, 9.17) is 10.5 Å². The molecular formula is C22H25N3O3S. The highest BCUT2D eigenvalue weighted by Gasteiger charge is 2.23. The second kappa shape index (κ2) is 8.90. The largest absolute Gasteiger partial charge is 0.431 e. The number of fused-ring (bicyclic) bond motifs is 1. The summed E-state index contributed by atoms with van der Waals surface area (Å²) in [5, 5.41) is 10.3. The number of ether oxygens (including phenoxy) is 1. The molecule has 1 atom stereocenters. The number of hydrogen-bond acceptors (Lipinski definition) is 6. The van der Waals surface area contributed by atoms with Crippen molar-refractivity contribution in [1.82, 2.24) is 9.88 Å². The molecule has 0 radical (unpaired) electrons. The molecule has 1 aliphatic heterocycles. The van der Waals surface area contributed by atoms with Gasteiger partial charge in [-0.15, -0.1) is 0 Å². The standard InChI is InChI=1S/C22H25N3O3S/c23-21(27)19(26)13-15-9-11-25(12-10-15)14-16-5-7-17(8-6-16)28-22-24-18-3-1-2-4-20(18)29-22/h1-8,15,19,26H,9-14H2,(H2,23,27). The van der Waals surface area contributed by atoms with Crippen molar-refractivity contribution < 1.29 is 14.6 Å². The molecule has 2 heterocycles. The number of hydrogen-bond donors (Lipinski definition) is 2. The van der Waals surface area contributed by atoms with Gasteiger partial charge in [-0.25, -0.2) is 4.98 Å². The molecule has 29 heavy (non-hydrogen) atoms. The van der Waals surface area contributed by atoms with E-state index in [2.05, 4.69) is 22.0 Å². The molecule has 0 spiro atoms. The fourth-order valence-electron chi connectivity index (χ4n) is 3.73. The number of aliphatic hydroxyl groups is 1. The third kappa shape index (κ3) is 5.12. The molecule has 0 bridgehead atoms. The van der Waals surface area contributed by atoms with Crippen molar-refractivity contribution in [1.29, 1.82) is 0 Å². The smallest absolute Gasteiger partial charge is 0.279 e. The number of likely N-dealkylation sites (tertiary alicyclic amines) is 1. The lowest BCUT2D eigenvalue weighted by Gasteiger charge is -2.32. The van der Waals surface area contributed by atoms with E-state index >= 15 is 0 Å². The Bertz CT molecular complexity index is 932. The average molecular weight is 412 g/mol. The number of carbonyl (C=O) groups is 1. The lowest BCUT2D eigenvalue weighted by atomic mass is 9.91. The second-order valence-corrected chi connectivity index (χ2v) is 8.56. The number of thiazole rings is 1. The predicted octanol–water partition coefficient (Wildman–Crippen LogP) is 3.54. The lowest BCUT2D eigenvalue weighted by molar-refractivity contribution is -0.127. The highest BCUT2D eigenvalue weighted by atomic mass is 32.1. The number of aliphatic hydroxyl groups excluding tert-OH is 1. The summed E-state index contributed by atoms with van der Waals surface area (Å²) in [6.07, 6.45) is 1.40. The summed E-state index contributed by atoms with van der Waals surface area (Å²) in [5.74, 6) is 0.519. The molecule has 7 heteroatoms. The number of nitrogens with zero attached hydrogens (tertiary/aromatic N) is 2. The van der Waals surface area contributed by atoms with Crippen LogP contribution in [-0.4, -0.2) is 40.1 Å². The maximum absolute atomic E-state index is 11.0. The summed E-state index contributed by atoms with van der Waals surface area (Å²) >= 11 is 1.54. The van der Waals surface area contributed by atoms with Crippen LogP contribution in [0.1, 0.15) is 24.8 Å². The molecule has 0 saturated carbocycles. The summed E-state index contributed by atoms with van der Waals surface area (Å²) in [6, 6.07) is 16.2. The number of nitrogens with two attached hydrogens (primary N) is 1. The van der Waals surface area contributed by atoms with Gasteiger partial charge < -0.3 is 15.6 Å². The summed E-state index contributed by atoms with van der Waals surface area (Å²) in [7, 11) is 0. The van der Waals surface area contributed by atoms with Crippen LogP contribution >= 0.6 is 11.3 Å². The van der Waals surface area contributed by atoms with Gasteiger partial charge in [-0.05, 0) is 68.1 Å². The quantitative estimate of drug-likeness (QED) is 0.621. The van der Waals surface area contributed by atoms with E-state index in [9.17, 15) is 9.90 Å². The molecule has 1 aliphatic rings. The predicted molar refractivity (Wildman–Crippen MR) is 114 cm³/mol. The number of benzene rings is 2. The SMILES string of the molecule is NC(=O)C(O)CC1CCN(Cc2ccc(Oc3nc4ccccc4s3)cc2)CC1. The molecule has 4 rings (SSSR count). The summed E-state index contributed by atoms with van der Waals surface area (Å²) < 4.78 is 7.03. The van der Waals surface area contributed by atoms with Gasteiger partial charge in [0.25, 0.3) is 5.19 Å². The van der Waals surface area contributed by atoms with Crippen molar-refractivity contribution in [3.05, 3.63) is 54.1 Å². The molecule has 152 valence electrons. The van der Waals surface area contributed by atoms with Gasteiger partial charge in [0.05, 0.1) is 10.2 Å². The van der Waals surface area contributed by atoms with E-state index in [0.29, 0.717) is 17.5 Å². The van der Waals surface area contributed by atoms with Gasteiger partial charge in [-0.2, -0.15) is 0 Å². The Hall–Kier alpha value is -2.48. The monoisotopic (exact) mass is 411 g/mol. The van der Waals surface area contributed by atoms with Crippen molar-refractivity contribution in [3.63, 3.8) is 0 Å². The number of amides is 1. The Morgan fingerprint density at radius 3 is 2.62 bits per heavy atom. The van der Waals surface area contributed by atoms with Crippen LogP contribution in [0, 0.1) is 5.92 Å². The first-order chi connectivity index (χ1) is 14.1. The Morgan fingerprint density at radius 2 is 1.93 bits per heavy atom. The fraction of sp³-hybridized carbons (Fsp3) is 0.364. The number of aromatic nitrogens is 1. The van der Waals surface area contributed by atoms with Crippen LogP contribution in [0.4, 0.5) is 0 Å². The van der Waals surface area contributed by atoms with E-state index in [1.54, 1.807) is 11.3 Å². The first kappa shape index (κ1) is 19.8. The third-order valence-corrected chi connectivity index (χ3v) is 6.32. The van der Waals surface area contributed by atoms with Gasteiger partial charge in [0.15, 0.2) is 0 Å². The molecule has 1 unspecified atom stereocenters. The number of primary amides is 1. The number of rotatable bonds is 7. The zero-order valence-corrected chi connectivity index (χ0v) is 17.0. The zero-order valence-electron chi connectivity index (χ0n) is 16.2. The van der Waals surface area contributed by atoms with Crippen molar-refractivity contribution >= 4 is 27.5 Å². The second-order valence-electron chi connectivity index (χ2n) is 7.57. The van der Waals surface area contributed by atoms with E-state index in [1.165, 1.54) is 5.56 Å². The molecule has 1 fully saturated rings. The lowest BCUT2D eigenvalue weighted by Crippen LogP contribution is -2.36. The van der Waals surface area contributed by atoms with Crippen molar-refractivity contribution in [2.45, 2.75) is 31.9 Å². The highest BCUT2D eigenvalue weighted by molar-refractivity contribution is 7.20. The minimum atomic E-state index is -1.02. The van der Waals surface area contributed by atoms with Gasteiger partial charge in [0.1, 0.15) is 11.9 Å². The Morgan fingerprint density at radius 1 is 1.21 bits per heavy atom. The van der Waals surface area contributed by atoms with Crippen LogP contribution < -0.4 is 10.5 Å². The number of piperidine rings is 1. The fourth-order valence-corrected chi connectivity index (χ4v) is 4.56. The molecule has 1 saturated heterocycles. The van der Waals surface area contributed by atoms with Gasteiger partial charge in [0, 0.05) is 6.54 Å². The molecule has 3 N–H and O–H groups in total. The maximum atomic E-state index is 11.0. The van der Waals surface area contributed by atoms with E-state index in [0.717, 1.165) is 48.4 Å². The highest BCUT2D eigenvalue weighted by Crippen LogP contribution is 2.31.